The number of nitrogens with zero attached hydrogens (tertiary/aromatic N) is 5. The molecule has 0 spiro atoms. The number of aromatic hydroxyl groups is 1. The predicted molar refractivity (Wildman–Crippen MR) is 169 cm³/mol. The van der Waals surface area contributed by atoms with Gasteiger partial charge in [-0.15, -0.1) is 6.42 Å². The van der Waals surface area contributed by atoms with Crippen molar-refractivity contribution in [2.75, 3.05) is 37.7 Å². The highest BCUT2D eigenvalue weighted by molar-refractivity contribution is 6.03. The Morgan fingerprint density at radius 1 is 1.09 bits per heavy atom. The molecule has 4 aliphatic rings. The number of rotatable bonds is 5. The average molecular weight is 589 g/mol. The lowest BCUT2D eigenvalue weighted by Gasteiger charge is -2.34. The SMILES string of the molecule is C#Cc1cccc2c(F)c(O)cc(-c3cc4nc(OCC56CC(=C)CN5CC(=C)C6)nc(N5CC6CCC(C5)N6)c4cn3)c12. The summed E-state index contributed by atoms with van der Waals surface area (Å²) in [6.45, 7) is 12.3. The third-order valence-electron chi connectivity index (χ3n) is 9.69. The highest BCUT2D eigenvalue weighted by Crippen LogP contribution is 2.43. The van der Waals surface area contributed by atoms with Gasteiger partial charge in [-0.3, -0.25) is 9.88 Å². The summed E-state index contributed by atoms with van der Waals surface area (Å²) in [6, 6.07) is 9.40. The molecule has 0 radical (unpaired) electrons. The molecule has 0 amide bonds. The van der Waals surface area contributed by atoms with E-state index < -0.39 is 11.6 Å². The van der Waals surface area contributed by atoms with Crippen LogP contribution in [0.5, 0.6) is 11.8 Å². The van der Waals surface area contributed by atoms with E-state index in [0.29, 0.717) is 52.4 Å². The summed E-state index contributed by atoms with van der Waals surface area (Å²) in [5, 5.41) is 15.8. The Balaban J connectivity index is 1.25. The molecule has 2 unspecified atom stereocenters. The van der Waals surface area contributed by atoms with Crippen molar-refractivity contribution < 1.29 is 14.2 Å². The smallest absolute Gasteiger partial charge is 0.319 e. The van der Waals surface area contributed by atoms with Crippen molar-refractivity contribution in [1.29, 1.82) is 0 Å². The molecule has 2 bridgehead atoms. The van der Waals surface area contributed by atoms with Gasteiger partial charge in [0.2, 0.25) is 0 Å². The van der Waals surface area contributed by atoms with Crippen LogP contribution in [-0.2, 0) is 0 Å². The molecule has 44 heavy (non-hydrogen) atoms. The Kier molecular flexibility index (Phi) is 6.16. The number of benzene rings is 2. The van der Waals surface area contributed by atoms with Crippen molar-refractivity contribution in [2.24, 2.45) is 0 Å². The molecule has 0 saturated carbocycles. The summed E-state index contributed by atoms with van der Waals surface area (Å²) in [7, 11) is 0. The van der Waals surface area contributed by atoms with Crippen LogP contribution >= 0.6 is 0 Å². The van der Waals surface area contributed by atoms with Crippen molar-refractivity contribution in [1.82, 2.24) is 25.2 Å². The molecule has 4 saturated heterocycles. The van der Waals surface area contributed by atoms with E-state index in [0.717, 1.165) is 63.1 Å². The van der Waals surface area contributed by atoms with Gasteiger partial charge < -0.3 is 20.1 Å². The van der Waals surface area contributed by atoms with Gasteiger partial charge in [0.05, 0.1) is 22.1 Å². The van der Waals surface area contributed by atoms with Crippen LogP contribution < -0.4 is 15.0 Å². The van der Waals surface area contributed by atoms with Gasteiger partial charge in [0.15, 0.2) is 11.6 Å². The van der Waals surface area contributed by atoms with Crippen LogP contribution in [0.4, 0.5) is 10.2 Å². The minimum absolute atomic E-state index is 0.180. The second-order valence-electron chi connectivity index (χ2n) is 12.8. The van der Waals surface area contributed by atoms with E-state index in [1.807, 2.05) is 6.07 Å². The molecule has 2 atom stereocenters. The fourth-order valence-electron chi connectivity index (χ4n) is 7.82. The predicted octanol–water partition coefficient (Wildman–Crippen LogP) is 4.95. The second kappa shape index (κ2) is 10.0. The Hall–Kier alpha value is -4.52. The van der Waals surface area contributed by atoms with Gasteiger partial charge in [-0.25, -0.2) is 4.39 Å². The number of anilines is 1. The van der Waals surface area contributed by atoms with Gasteiger partial charge in [0, 0.05) is 66.4 Å². The Bertz CT molecular complexity index is 1900. The van der Waals surface area contributed by atoms with Crippen molar-refractivity contribution in [2.45, 2.75) is 43.3 Å². The van der Waals surface area contributed by atoms with Crippen molar-refractivity contribution in [3.05, 3.63) is 72.2 Å². The minimum atomic E-state index is -0.715. The molecule has 9 heteroatoms. The number of piperazine rings is 1. The number of aromatic nitrogens is 3. The lowest BCUT2D eigenvalue weighted by Crippen LogP contribution is -2.51. The number of halogens is 1. The van der Waals surface area contributed by atoms with Crippen LogP contribution in [0.15, 0.2) is 60.8 Å². The van der Waals surface area contributed by atoms with E-state index in [2.05, 4.69) is 34.2 Å². The number of terminal acetylenes is 1. The maximum Gasteiger partial charge on any atom is 0.319 e. The Labute approximate surface area is 255 Å². The zero-order chi connectivity index (χ0) is 30.2. The van der Waals surface area contributed by atoms with E-state index in [-0.39, 0.29) is 10.9 Å². The van der Waals surface area contributed by atoms with Crippen LogP contribution in [-0.4, -0.2) is 75.4 Å². The van der Waals surface area contributed by atoms with Gasteiger partial charge in [-0.1, -0.05) is 42.4 Å². The third kappa shape index (κ3) is 4.32. The van der Waals surface area contributed by atoms with Crippen LogP contribution in [0.3, 0.4) is 0 Å². The van der Waals surface area contributed by atoms with E-state index >= 15 is 0 Å². The van der Waals surface area contributed by atoms with E-state index in [9.17, 15) is 9.50 Å². The maximum absolute atomic E-state index is 15.0. The highest BCUT2D eigenvalue weighted by Gasteiger charge is 2.48. The van der Waals surface area contributed by atoms with E-state index in [1.165, 1.54) is 17.2 Å². The molecular weight excluding hydrogens is 555 g/mol. The number of nitrogens with one attached hydrogen (secondary N) is 1. The fourth-order valence-corrected chi connectivity index (χ4v) is 7.82. The molecule has 2 N–H and O–H groups in total. The number of phenols is 1. The van der Waals surface area contributed by atoms with Crippen molar-refractivity contribution in [3.63, 3.8) is 0 Å². The minimum Gasteiger partial charge on any atom is -0.505 e. The summed E-state index contributed by atoms with van der Waals surface area (Å²) < 4.78 is 21.5. The molecular formula is C35H33FN6O2. The summed E-state index contributed by atoms with van der Waals surface area (Å²) in [5.41, 5.74) is 4.43. The first-order valence-corrected chi connectivity index (χ1v) is 15.1. The zero-order valence-electron chi connectivity index (χ0n) is 24.4. The van der Waals surface area contributed by atoms with E-state index in [1.54, 1.807) is 24.4 Å². The largest absolute Gasteiger partial charge is 0.505 e. The van der Waals surface area contributed by atoms with Gasteiger partial charge in [-0.05, 0) is 43.9 Å². The topological polar surface area (TPSA) is 86.6 Å². The van der Waals surface area contributed by atoms with Crippen LogP contribution in [0.25, 0.3) is 32.9 Å². The van der Waals surface area contributed by atoms with Crippen LogP contribution in [0.2, 0.25) is 0 Å². The average Bonchev–Trinajstić information content (AvgIpc) is 3.63. The lowest BCUT2D eigenvalue weighted by atomic mass is 9.92. The molecule has 4 aromatic rings. The van der Waals surface area contributed by atoms with Crippen LogP contribution in [0, 0.1) is 18.2 Å². The first-order valence-electron chi connectivity index (χ1n) is 15.1. The molecule has 4 aliphatic heterocycles. The molecule has 8 rings (SSSR count). The van der Waals surface area contributed by atoms with Gasteiger partial charge >= 0.3 is 6.01 Å². The van der Waals surface area contributed by atoms with Crippen molar-refractivity contribution in [3.8, 4) is 35.4 Å². The fraction of sp³-hybridized carbons (Fsp3) is 0.343. The van der Waals surface area contributed by atoms with Gasteiger partial charge in [0.1, 0.15) is 12.4 Å². The summed E-state index contributed by atoms with van der Waals surface area (Å²) in [4.78, 5) is 19.4. The number of pyridine rings is 1. The Morgan fingerprint density at radius 3 is 2.57 bits per heavy atom. The molecule has 2 aromatic carbocycles. The zero-order valence-corrected chi connectivity index (χ0v) is 24.4. The molecule has 2 aromatic heterocycles. The molecule has 8 nitrogen and oxygen atoms in total. The van der Waals surface area contributed by atoms with E-state index in [4.69, 9.17) is 26.1 Å². The molecule has 0 aliphatic carbocycles. The monoisotopic (exact) mass is 588 g/mol. The summed E-state index contributed by atoms with van der Waals surface area (Å²) >= 11 is 0. The standard InChI is InChI=1S/C35H33FN6O2/c1-4-22-6-5-7-25-31(22)26(10-30(43)32(25)36)28-11-29-27(14-37-28)33(41-17-23-8-9-24(18-41)38-23)40-34(39-29)44-19-35-12-20(2)15-42(35)16-21(3)13-35/h1,5-7,10-11,14,23-24,38,43H,2-3,8-9,12-13,15-19H2. The number of ether oxygens (including phenoxy) is 1. The number of hydrogen-bond acceptors (Lipinski definition) is 8. The van der Waals surface area contributed by atoms with Gasteiger partial charge in [-0.2, -0.15) is 9.97 Å². The highest BCUT2D eigenvalue weighted by atomic mass is 19.1. The first-order chi connectivity index (χ1) is 21.3. The van der Waals surface area contributed by atoms with Gasteiger partial charge in [0.25, 0.3) is 0 Å². The first kappa shape index (κ1) is 27.1. The second-order valence-corrected chi connectivity index (χ2v) is 12.8. The summed E-state index contributed by atoms with van der Waals surface area (Å²) in [6.07, 6.45) is 11.6. The molecule has 6 heterocycles. The summed E-state index contributed by atoms with van der Waals surface area (Å²) in [5.74, 6) is 2.27. The number of fused-ring (bicyclic) bond motifs is 5. The normalized spacial score (nSPS) is 22.6. The maximum atomic E-state index is 15.0. The Morgan fingerprint density at radius 2 is 1.84 bits per heavy atom. The number of hydrogen-bond donors (Lipinski definition) is 2. The number of phenolic OH excluding ortho intramolecular Hbond substituents is 1. The molecule has 222 valence electrons. The quantitative estimate of drug-likeness (QED) is 0.250. The van der Waals surface area contributed by atoms with Crippen molar-refractivity contribution >= 4 is 27.5 Å². The lowest BCUT2D eigenvalue weighted by molar-refractivity contribution is 0.108. The molecule has 4 fully saturated rings. The van der Waals surface area contributed by atoms with Crippen LogP contribution in [0.1, 0.15) is 31.2 Å². The third-order valence-corrected chi connectivity index (χ3v) is 9.69.